The summed E-state index contributed by atoms with van der Waals surface area (Å²) in [5.41, 5.74) is 2.46. The lowest BCUT2D eigenvalue weighted by Crippen LogP contribution is -2.48. The molecular formula is C41H40BrFN4O5Si. The number of rotatable bonds is 7. The van der Waals surface area contributed by atoms with E-state index < -0.39 is 37.6 Å². The summed E-state index contributed by atoms with van der Waals surface area (Å²) in [6, 6.07) is 27.8. The van der Waals surface area contributed by atoms with Gasteiger partial charge in [-0.2, -0.15) is 9.78 Å². The molecule has 4 aromatic carbocycles. The second kappa shape index (κ2) is 13.4. The Bertz CT molecular complexity index is 2310. The van der Waals surface area contributed by atoms with Crippen molar-refractivity contribution in [3.8, 4) is 5.69 Å². The van der Waals surface area contributed by atoms with Crippen LogP contribution in [0.1, 0.15) is 35.6 Å². The molecule has 0 aliphatic carbocycles. The molecule has 0 saturated carbocycles. The van der Waals surface area contributed by atoms with Gasteiger partial charge in [-0.05, 0) is 72.6 Å². The molecule has 0 unspecified atom stereocenters. The molecule has 2 amide bonds. The van der Waals surface area contributed by atoms with Gasteiger partial charge in [-0.1, -0.05) is 77.5 Å². The van der Waals surface area contributed by atoms with Gasteiger partial charge in [-0.25, -0.2) is 0 Å². The van der Waals surface area contributed by atoms with Crippen molar-refractivity contribution in [2.45, 2.75) is 69.2 Å². The van der Waals surface area contributed by atoms with Crippen molar-refractivity contribution in [3.63, 3.8) is 0 Å². The van der Waals surface area contributed by atoms with E-state index in [-0.39, 0.29) is 36.9 Å². The van der Waals surface area contributed by atoms with Crippen LogP contribution in [-0.4, -0.2) is 58.8 Å². The van der Waals surface area contributed by atoms with Crippen molar-refractivity contribution in [3.05, 3.63) is 134 Å². The highest BCUT2D eigenvalue weighted by Crippen LogP contribution is 2.60. The molecule has 272 valence electrons. The van der Waals surface area contributed by atoms with Crippen molar-refractivity contribution in [1.29, 1.82) is 0 Å². The van der Waals surface area contributed by atoms with Crippen LogP contribution >= 0.6 is 15.9 Å². The fraction of sp³-hybridized carbons (Fsp3) is 0.317. The molecule has 1 fully saturated rings. The van der Waals surface area contributed by atoms with Gasteiger partial charge >= 0.3 is 0 Å². The van der Waals surface area contributed by atoms with Crippen molar-refractivity contribution in [2.24, 2.45) is 5.92 Å². The SMILES string of the molecule is C[C@H]1[C@H]([Si](C)(C)F)[C@@H](CC(=O)N2Cc3ccccc3C[C@H]2CO)O[C@]12C(=O)N(Cc1ccc(-n3ncc4ccccc4c3=O)cc1)c1ccc(Br)cc12. The summed E-state index contributed by atoms with van der Waals surface area (Å²) in [5, 5.41) is 16.0. The van der Waals surface area contributed by atoms with E-state index in [0.717, 1.165) is 26.5 Å². The molecule has 53 heavy (non-hydrogen) atoms. The first-order valence-electron chi connectivity index (χ1n) is 17.9. The van der Waals surface area contributed by atoms with Gasteiger partial charge < -0.3 is 23.8 Å². The maximum Gasteiger partial charge on any atom is 0.279 e. The fourth-order valence-corrected chi connectivity index (χ4v) is 11.8. The Balaban J connectivity index is 1.10. The van der Waals surface area contributed by atoms with Gasteiger partial charge in [-0.3, -0.25) is 14.4 Å². The third-order valence-electron chi connectivity index (χ3n) is 11.4. The van der Waals surface area contributed by atoms with Gasteiger partial charge in [-0.15, -0.1) is 0 Å². The standard InChI is InChI=1S/C41H40BrFN4O5Si/c1-25-38(53(2,3)43)36(20-37(49)45-23-29-10-5-4-8-27(29)18-32(45)24-48)52-41(25)34-19-30(42)14-17-35(34)46(40(41)51)22-26-12-15-31(16-13-26)47-39(50)33-11-7-6-9-28(33)21-44-47/h4-17,19,21,25,32,36,38,48H,18,20,22-24H2,1-3H3/t25-,32-,36+,38-,41+/m0/s1. The average Bonchev–Trinajstić information content (AvgIpc) is 3.57. The third-order valence-corrected chi connectivity index (χ3v) is 14.4. The molecule has 5 atom stereocenters. The molecule has 4 heterocycles. The van der Waals surface area contributed by atoms with E-state index in [1.54, 1.807) is 47.3 Å². The first kappa shape index (κ1) is 35.5. The molecule has 9 nitrogen and oxygen atoms in total. The maximum atomic E-state index is 16.5. The second-order valence-electron chi connectivity index (χ2n) is 15.0. The van der Waals surface area contributed by atoms with E-state index in [4.69, 9.17) is 4.74 Å². The molecule has 12 heteroatoms. The van der Waals surface area contributed by atoms with E-state index in [9.17, 15) is 19.5 Å². The fourth-order valence-electron chi connectivity index (χ4n) is 8.91. The predicted molar refractivity (Wildman–Crippen MR) is 207 cm³/mol. The molecule has 8 rings (SSSR count). The Labute approximate surface area is 316 Å². The van der Waals surface area contributed by atoms with Crippen LogP contribution in [0.4, 0.5) is 9.80 Å². The van der Waals surface area contributed by atoms with E-state index in [0.29, 0.717) is 35.3 Å². The first-order valence-corrected chi connectivity index (χ1v) is 21.7. The highest BCUT2D eigenvalue weighted by molar-refractivity contribution is 9.10. The van der Waals surface area contributed by atoms with Gasteiger partial charge in [0.25, 0.3) is 11.5 Å². The molecule has 1 saturated heterocycles. The zero-order valence-corrected chi connectivity index (χ0v) is 32.3. The Morgan fingerprint density at radius 1 is 1.02 bits per heavy atom. The smallest absolute Gasteiger partial charge is 0.279 e. The predicted octanol–water partition coefficient (Wildman–Crippen LogP) is 6.81. The number of hydrogen-bond acceptors (Lipinski definition) is 6. The van der Waals surface area contributed by atoms with Gasteiger partial charge in [0.2, 0.25) is 14.3 Å². The molecule has 0 radical (unpaired) electrons. The van der Waals surface area contributed by atoms with Crippen LogP contribution in [0.15, 0.2) is 106 Å². The summed E-state index contributed by atoms with van der Waals surface area (Å²) in [6.45, 7) is 5.50. The monoisotopic (exact) mass is 794 g/mol. The van der Waals surface area contributed by atoms with Gasteiger partial charge in [0, 0.05) is 33.4 Å². The number of hydrogen-bond donors (Lipinski definition) is 1. The lowest BCUT2D eigenvalue weighted by atomic mass is 9.82. The number of aliphatic hydroxyl groups excluding tert-OH is 1. The zero-order chi connectivity index (χ0) is 37.2. The number of carbonyl (C=O) groups excluding carboxylic acids is 2. The Hall–Kier alpha value is -4.49. The van der Waals surface area contributed by atoms with Gasteiger partial charge in [0.05, 0.1) is 54.7 Å². The lowest BCUT2D eigenvalue weighted by molar-refractivity contribution is -0.151. The molecule has 1 spiro atoms. The van der Waals surface area contributed by atoms with Crippen molar-refractivity contribution in [1.82, 2.24) is 14.7 Å². The topological polar surface area (TPSA) is 105 Å². The number of ether oxygens (including phenoxy) is 1. The minimum Gasteiger partial charge on any atom is -0.394 e. The average molecular weight is 796 g/mol. The summed E-state index contributed by atoms with van der Waals surface area (Å²) in [5.74, 6) is -1.10. The van der Waals surface area contributed by atoms with Crippen LogP contribution in [0.2, 0.25) is 18.6 Å². The molecule has 3 aliphatic heterocycles. The van der Waals surface area contributed by atoms with E-state index in [2.05, 4.69) is 21.0 Å². The minimum atomic E-state index is -3.53. The molecular weight excluding hydrogens is 755 g/mol. The van der Waals surface area contributed by atoms with Crippen LogP contribution < -0.4 is 10.5 Å². The lowest BCUT2D eigenvalue weighted by Gasteiger charge is -2.37. The van der Waals surface area contributed by atoms with Gasteiger partial charge in [0.15, 0.2) is 5.60 Å². The van der Waals surface area contributed by atoms with Crippen molar-refractivity contribution in [2.75, 3.05) is 11.5 Å². The summed E-state index contributed by atoms with van der Waals surface area (Å²) in [7, 11) is -3.53. The number of fused-ring (bicyclic) bond motifs is 4. The number of nitrogens with zero attached hydrogens (tertiary/aromatic N) is 4. The van der Waals surface area contributed by atoms with Crippen molar-refractivity contribution >= 4 is 52.6 Å². The van der Waals surface area contributed by atoms with Crippen LogP contribution in [0.25, 0.3) is 16.5 Å². The molecule has 3 aliphatic rings. The molecule has 0 bridgehead atoms. The second-order valence-corrected chi connectivity index (χ2v) is 19.7. The molecule has 5 aromatic rings. The molecule has 1 aromatic heterocycles. The van der Waals surface area contributed by atoms with E-state index >= 15 is 4.11 Å². The van der Waals surface area contributed by atoms with Gasteiger partial charge in [0.1, 0.15) is 0 Å². The van der Waals surface area contributed by atoms with E-state index in [1.165, 1.54) is 4.68 Å². The third kappa shape index (κ3) is 5.96. The van der Waals surface area contributed by atoms with Crippen LogP contribution in [0.3, 0.4) is 0 Å². The normalized spacial score (nSPS) is 23.8. The van der Waals surface area contributed by atoms with Crippen LogP contribution in [0, 0.1) is 5.92 Å². The summed E-state index contributed by atoms with van der Waals surface area (Å²) < 4.78 is 25.5. The maximum absolute atomic E-state index is 16.5. The highest BCUT2D eigenvalue weighted by atomic mass is 79.9. The largest absolute Gasteiger partial charge is 0.394 e. The summed E-state index contributed by atoms with van der Waals surface area (Å²) >= 11 is 3.59. The first-order chi connectivity index (χ1) is 25.4. The number of aromatic nitrogens is 2. The summed E-state index contributed by atoms with van der Waals surface area (Å²) in [6.07, 6.45) is 1.25. The Kier molecular flexibility index (Phi) is 9.00. The number of aliphatic hydroxyl groups is 1. The zero-order valence-electron chi connectivity index (χ0n) is 29.7. The van der Waals surface area contributed by atoms with Crippen LogP contribution in [-0.2, 0) is 39.4 Å². The Morgan fingerprint density at radius 3 is 2.47 bits per heavy atom. The van der Waals surface area contributed by atoms with Crippen molar-refractivity contribution < 1.29 is 23.5 Å². The highest BCUT2D eigenvalue weighted by Gasteiger charge is 2.67. The number of halogens is 2. The Morgan fingerprint density at radius 2 is 1.74 bits per heavy atom. The van der Waals surface area contributed by atoms with Crippen LogP contribution in [0.5, 0.6) is 0 Å². The number of anilines is 1. The molecule has 1 N–H and O–H groups in total. The number of amides is 2. The summed E-state index contributed by atoms with van der Waals surface area (Å²) in [4.78, 5) is 45.6. The quantitative estimate of drug-likeness (QED) is 0.144. The number of benzene rings is 4. The van der Waals surface area contributed by atoms with E-state index in [1.807, 2.05) is 79.7 Å². The minimum absolute atomic E-state index is 0.101. The number of carbonyl (C=O) groups is 2.